The summed E-state index contributed by atoms with van der Waals surface area (Å²) in [5.41, 5.74) is 6.92. The lowest BCUT2D eigenvalue weighted by Crippen LogP contribution is -2.36. The van der Waals surface area contributed by atoms with Gasteiger partial charge in [0.25, 0.3) is 0 Å². The van der Waals surface area contributed by atoms with Crippen LogP contribution in [0.4, 0.5) is 10.5 Å². The van der Waals surface area contributed by atoms with Crippen LogP contribution >= 0.6 is 0 Å². The Bertz CT molecular complexity index is 789. The van der Waals surface area contributed by atoms with Gasteiger partial charge in [-0.3, -0.25) is 4.79 Å². The molecule has 1 fully saturated rings. The first-order chi connectivity index (χ1) is 13.6. The fraction of sp³-hybridized carbons (Fsp3) is 0.364. The molecule has 6 nitrogen and oxygen atoms in total. The molecular formula is C22H27N3O3. The van der Waals surface area contributed by atoms with Gasteiger partial charge in [0.05, 0.1) is 6.10 Å². The number of carbonyl (C=O) groups is 2. The van der Waals surface area contributed by atoms with Crippen LogP contribution in [0.15, 0.2) is 54.6 Å². The molecule has 6 heteroatoms. The Kier molecular flexibility index (Phi) is 6.89. The molecule has 0 aromatic heterocycles. The van der Waals surface area contributed by atoms with E-state index >= 15 is 0 Å². The number of amides is 3. The molecule has 0 aliphatic heterocycles. The Morgan fingerprint density at radius 1 is 1.07 bits per heavy atom. The van der Waals surface area contributed by atoms with Crippen LogP contribution in [0.1, 0.15) is 37.7 Å². The highest BCUT2D eigenvalue weighted by Crippen LogP contribution is 2.26. The van der Waals surface area contributed by atoms with Crippen LogP contribution in [0.25, 0.3) is 0 Å². The molecule has 0 unspecified atom stereocenters. The monoisotopic (exact) mass is 381 g/mol. The van der Waals surface area contributed by atoms with E-state index in [0.29, 0.717) is 12.2 Å². The van der Waals surface area contributed by atoms with Crippen molar-refractivity contribution in [1.29, 1.82) is 0 Å². The Balaban J connectivity index is 1.65. The maximum atomic E-state index is 12.8. The molecule has 0 saturated heterocycles. The second-order valence-electron chi connectivity index (χ2n) is 7.11. The molecule has 0 spiro atoms. The lowest BCUT2D eigenvalue weighted by atomic mass is 10.2. The third-order valence-electron chi connectivity index (χ3n) is 4.82. The van der Waals surface area contributed by atoms with Gasteiger partial charge in [-0.2, -0.15) is 0 Å². The van der Waals surface area contributed by atoms with Crippen molar-refractivity contribution in [3.63, 3.8) is 0 Å². The highest BCUT2D eigenvalue weighted by molar-refractivity contribution is 5.89. The van der Waals surface area contributed by atoms with Crippen LogP contribution in [0.2, 0.25) is 0 Å². The van der Waals surface area contributed by atoms with Gasteiger partial charge in [0.15, 0.2) is 0 Å². The van der Waals surface area contributed by atoms with E-state index in [4.69, 9.17) is 10.5 Å². The number of urea groups is 1. The maximum absolute atomic E-state index is 12.8. The summed E-state index contributed by atoms with van der Waals surface area (Å²) in [7, 11) is 0. The second kappa shape index (κ2) is 9.78. The van der Waals surface area contributed by atoms with E-state index < -0.39 is 5.91 Å². The van der Waals surface area contributed by atoms with Crippen molar-refractivity contribution in [2.24, 2.45) is 5.73 Å². The summed E-state index contributed by atoms with van der Waals surface area (Å²) in [6.45, 7) is 0.659. The molecule has 3 N–H and O–H groups in total. The first kappa shape index (κ1) is 19.7. The summed E-state index contributed by atoms with van der Waals surface area (Å²) in [6, 6.07) is 16.8. The average molecular weight is 381 g/mol. The smallest absolute Gasteiger partial charge is 0.322 e. The van der Waals surface area contributed by atoms with Gasteiger partial charge >= 0.3 is 6.03 Å². The maximum Gasteiger partial charge on any atom is 0.322 e. The number of ether oxygens (including phenoxy) is 1. The number of hydrogen-bond donors (Lipinski definition) is 2. The largest absolute Gasteiger partial charge is 0.490 e. The van der Waals surface area contributed by atoms with E-state index in [1.165, 1.54) is 12.8 Å². The number of nitrogens with zero attached hydrogens (tertiary/aromatic N) is 1. The number of carbonyl (C=O) groups excluding carboxylic acids is 2. The van der Waals surface area contributed by atoms with E-state index in [-0.39, 0.29) is 25.1 Å². The molecule has 0 heterocycles. The lowest BCUT2D eigenvalue weighted by Gasteiger charge is -2.23. The Hall–Kier alpha value is -3.02. The van der Waals surface area contributed by atoms with Gasteiger partial charge in [0.1, 0.15) is 5.75 Å². The SMILES string of the molecule is NC(=O)CCN(Cc1ccccc1)C(=O)Nc1cccc(OC2CCCC2)c1. The predicted octanol–water partition coefficient (Wildman–Crippen LogP) is 3.92. The van der Waals surface area contributed by atoms with E-state index in [9.17, 15) is 9.59 Å². The molecule has 28 heavy (non-hydrogen) atoms. The number of benzene rings is 2. The van der Waals surface area contributed by atoms with Gasteiger partial charge in [0, 0.05) is 31.3 Å². The topological polar surface area (TPSA) is 84.7 Å². The Morgan fingerprint density at radius 3 is 2.54 bits per heavy atom. The summed E-state index contributed by atoms with van der Waals surface area (Å²) >= 11 is 0. The molecule has 2 aromatic carbocycles. The summed E-state index contributed by atoms with van der Waals surface area (Å²) in [6.07, 6.45) is 4.94. The minimum atomic E-state index is -0.433. The molecule has 0 bridgehead atoms. The Morgan fingerprint density at radius 2 is 1.82 bits per heavy atom. The first-order valence-corrected chi connectivity index (χ1v) is 9.75. The van der Waals surface area contributed by atoms with Gasteiger partial charge in [-0.05, 0) is 43.4 Å². The zero-order valence-electron chi connectivity index (χ0n) is 16.0. The summed E-state index contributed by atoms with van der Waals surface area (Å²) in [5.74, 6) is 0.328. The fourth-order valence-electron chi connectivity index (χ4n) is 3.35. The number of nitrogens with one attached hydrogen (secondary N) is 1. The zero-order valence-corrected chi connectivity index (χ0v) is 16.0. The summed E-state index contributed by atoms with van der Waals surface area (Å²) < 4.78 is 6.01. The van der Waals surface area contributed by atoms with Crippen LogP contribution < -0.4 is 15.8 Å². The molecule has 148 valence electrons. The van der Waals surface area contributed by atoms with Crippen LogP contribution in [0.3, 0.4) is 0 Å². The number of hydrogen-bond acceptors (Lipinski definition) is 3. The quantitative estimate of drug-likeness (QED) is 0.727. The molecule has 3 rings (SSSR count). The van der Waals surface area contributed by atoms with Gasteiger partial charge in [-0.15, -0.1) is 0 Å². The number of anilines is 1. The van der Waals surface area contributed by atoms with Crippen LogP contribution in [0, 0.1) is 0 Å². The molecule has 1 aliphatic carbocycles. The van der Waals surface area contributed by atoms with Gasteiger partial charge < -0.3 is 20.7 Å². The predicted molar refractivity (Wildman–Crippen MR) is 109 cm³/mol. The van der Waals surface area contributed by atoms with Gasteiger partial charge in [-0.25, -0.2) is 4.79 Å². The molecule has 1 saturated carbocycles. The zero-order chi connectivity index (χ0) is 19.8. The third kappa shape index (κ3) is 6.01. The van der Waals surface area contributed by atoms with Crippen molar-refractivity contribution in [2.45, 2.75) is 44.8 Å². The van der Waals surface area contributed by atoms with Gasteiger partial charge in [0.2, 0.25) is 5.91 Å². The summed E-state index contributed by atoms with van der Waals surface area (Å²) in [4.78, 5) is 25.6. The highest BCUT2D eigenvalue weighted by atomic mass is 16.5. The lowest BCUT2D eigenvalue weighted by molar-refractivity contribution is -0.118. The van der Waals surface area contributed by atoms with E-state index in [2.05, 4.69) is 5.32 Å². The normalized spacial score (nSPS) is 13.9. The number of primary amides is 1. The molecule has 0 radical (unpaired) electrons. The van der Waals surface area contributed by atoms with E-state index in [0.717, 1.165) is 24.2 Å². The molecule has 2 aromatic rings. The van der Waals surface area contributed by atoms with Crippen LogP contribution in [-0.4, -0.2) is 29.5 Å². The minimum Gasteiger partial charge on any atom is -0.490 e. The standard InChI is InChI=1S/C22H27N3O3/c23-21(26)13-14-25(16-17-7-2-1-3-8-17)22(27)24-18-9-6-12-20(15-18)28-19-10-4-5-11-19/h1-3,6-9,12,15,19H,4-5,10-11,13-14,16H2,(H2,23,26)(H,24,27). The van der Waals surface area contributed by atoms with E-state index in [1.54, 1.807) is 4.90 Å². The van der Waals surface area contributed by atoms with Crippen LogP contribution in [0.5, 0.6) is 5.75 Å². The van der Waals surface area contributed by atoms with Crippen molar-refractivity contribution in [1.82, 2.24) is 4.90 Å². The van der Waals surface area contributed by atoms with Crippen molar-refractivity contribution < 1.29 is 14.3 Å². The van der Waals surface area contributed by atoms with Crippen LogP contribution in [-0.2, 0) is 11.3 Å². The number of rotatable bonds is 8. The molecule has 1 aliphatic rings. The van der Waals surface area contributed by atoms with Crippen molar-refractivity contribution >= 4 is 17.6 Å². The first-order valence-electron chi connectivity index (χ1n) is 9.75. The molecular weight excluding hydrogens is 354 g/mol. The van der Waals surface area contributed by atoms with Crippen molar-refractivity contribution in [3.05, 3.63) is 60.2 Å². The second-order valence-corrected chi connectivity index (χ2v) is 7.11. The highest BCUT2D eigenvalue weighted by Gasteiger charge is 2.18. The fourth-order valence-corrected chi connectivity index (χ4v) is 3.35. The average Bonchev–Trinajstić information content (AvgIpc) is 3.19. The molecule has 3 amide bonds. The minimum absolute atomic E-state index is 0.116. The number of nitrogens with two attached hydrogens (primary N) is 1. The third-order valence-corrected chi connectivity index (χ3v) is 4.82. The summed E-state index contributed by atoms with van der Waals surface area (Å²) in [5, 5.41) is 2.91. The Labute approximate surface area is 165 Å². The van der Waals surface area contributed by atoms with Gasteiger partial charge in [-0.1, -0.05) is 36.4 Å². The molecule has 0 atom stereocenters. The van der Waals surface area contributed by atoms with Crippen molar-refractivity contribution in [3.8, 4) is 5.75 Å². The van der Waals surface area contributed by atoms with Crippen molar-refractivity contribution in [2.75, 3.05) is 11.9 Å². The van der Waals surface area contributed by atoms with E-state index in [1.807, 2.05) is 54.6 Å².